The fourth-order valence-corrected chi connectivity index (χ4v) is 4.01. The third kappa shape index (κ3) is 8.79. The van der Waals surface area contributed by atoms with Crippen molar-refractivity contribution < 1.29 is 32.0 Å². The Hall–Kier alpha value is -2.09. The van der Waals surface area contributed by atoms with E-state index in [1.165, 1.54) is 12.1 Å². The van der Waals surface area contributed by atoms with Gasteiger partial charge in [-0.2, -0.15) is 13.2 Å². The van der Waals surface area contributed by atoms with Crippen molar-refractivity contribution in [2.45, 2.75) is 70.7 Å². The number of esters is 1. The quantitative estimate of drug-likeness (QED) is 0.353. The van der Waals surface area contributed by atoms with Gasteiger partial charge in [-0.25, -0.2) is 4.98 Å². The van der Waals surface area contributed by atoms with Crippen molar-refractivity contribution in [2.75, 3.05) is 6.61 Å². The van der Waals surface area contributed by atoms with Gasteiger partial charge < -0.3 is 14.0 Å². The number of carbonyl (C=O) groups excluding carboxylic acids is 1. The highest BCUT2D eigenvalue weighted by molar-refractivity contribution is 9.10. The van der Waals surface area contributed by atoms with Gasteiger partial charge in [0.05, 0.1) is 5.56 Å². The summed E-state index contributed by atoms with van der Waals surface area (Å²) in [6.45, 7) is 9.76. The van der Waals surface area contributed by atoms with Crippen LogP contribution in [0.15, 0.2) is 39.9 Å². The van der Waals surface area contributed by atoms with Gasteiger partial charge in [0, 0.05) is 11.4 Å². The average molecular weight is 596 g/mol. The monoisotopic (exact) mass is 595 g/mol. The molecule has 0 aliphatic rings. The molecule has 0 amide bonds. The summed E-state index contributed by atoms with van der Waals surface area (Å²) < 4.78 is 65.7. The van der Waals surface area contributed by atoms with E-state index in [1.807, 2.05) is 0 Å². The smallest absolute Gasteiger partial charge is 0.416 e. The maximum atomic E-state index is 13.0. The third-order valence-corrected chi connectivity index (χ3v) is 6.79. The lowest BCUT2D eigenvalue weighted by Gasteiger charge is -2.28. The third-order valence-electron chi connectivity index (χ3n) is 4.50. The van der Waals surface area contributed by atoms with Crippen LogP contribution in [-0.2, 0) is 33.6 Å². The topological polar surface area (TPSA) is 106 Å². The summed E-state index contributed by atoms with van der Waals surface area (Å²) in [6.07, 6.45) is -3.37. The van der Waals surface area contributed by atoms with Gasteiger partial charge in [0.25, 0.3) is 5.56 Å². The minimum Gasteiger partial charge on any atom is -0.598 e. The molecular weight excluding hydrogens is 567 g/mol. The molecule has 8 nitrogen and oxygen atoms in total. The molecule has 1 unspecified atom stereocenters. The van der Waals surface area contributed by atoms with Crippen LogP contribution in [-0.4, -0.2) is 37.0 Å². The van der Waals surface area contributed by atoms with Crippen molar-refractivity contribution in [1.82, 2.24) is 14.3 Å². The molecule has 1 heterocycles. The Balaban J connectivity index is 2.24. The molecule has 1 aromatic carbocycles. The normalized spacial score (nSPS) is 14.3. The molecule has 13 heteroatoms. The fraction of sp³-hybridized carbons (Fsp3) is 0.522. The second-order valence-corrected chi connectivity index (χ2v) is 12.7. The van der Waals surface area contributed by atoms with Crippen LogP contribution >= 0.6 is 15.9 Å². The van der Waals surface area contributed by atoms with Gasteiger partial charge in [0.1, 0.15) is 40.3 Å². The van der Waals surface area contributed by atoms with Gasteiger partial charge >= 0.3 is 12.1 Å². The molecule has 0 saturated heterocycles. The molecule has 0 bridgehead atoms. The molecule has 0 radical (unpaired) electrons. The number of hydrogen-bond acceptors (Lipinski definition) is 7. The number of aromatic nitrogens is 2. The number of ether oxygens (including phenoxy) is 2. The Morgan fingerprint density at radius 2 is 1.75 bits per heavy atom. The number of hydrogen-bond donors (Lipinski definition) is 1. The number of nitrogens with one attached hydrogen (secondary N) is 1. The molecular formula is C23H29BrF3N3O5S. The maximum Gasteiger partial charge on any atom is 0.416 e. The van der Waals surface area contributed by atoms with Crippen molar-refractivity contribution in [2.24, 2.45) is 0 Å². The summed E-state index contributed by atoms with van der Waals surface area (Å²) in [6, 6.07) is 3.60. The molecule has 1 aromatic heterocycles. The van der Waals surface area contributed by atoms with Gasteiger partial charge in [0.2, 0.25) is 5.88 Å². The molecule has 2 atom stereocenters. The lowest BCUT2D eigenvalue weighted by Crippen LogP contribution is -2.43. The second kappa shape index (κ2) is 11.5. The van der Waals surface area contributed by atoms with Crippen LogP contribution in [0, 0.1) is 0 Å². The Labute approximate surface area is 219 Å². The van der Waals surface area contributed by atoms with Crippen LogP contribution in [0.2, 0.25) is 0 Å². The predicted molar refractivity (Wildman–Crippen MR) is 133 cm³/mol. The van der Waals surface area contributed by atoms with Crippen LogP contribution < -0.4 is 15.0 Å². The Morgan fingerprint density at radius 1 is 1.17 bits per heavy atom. The number of carbonyl (C=O) groups is 1. The van der Waals surface area contributed by atoms with Crippen LogP contribution in [0.1, 0.15) is 58.7 Å². The molecule has 200 valence electrons. The van der Waals surface area contributed by atoms with E-state index >= 15 is 0 Å². The van der Waals surface area contributed by atoms with Gasteiger partial charge in [-0.15, -0.1) is 4.72 Å². The van der Waals surface area contributed by atoms with E-state index in [0.29, 0.717) is 5.56 Å². The molecule has 1 N–H and O–H groups in total. The van der Waals surface area contributed by atoms with Gasteiger partial charge in [-0.05, 0) is 75.2 Å². The first-order valence-corrected chi connectivity index (χ1v) is 12.8. The minimum atomic E-state index is -4.50. The molecule has 0 aliphatic heterocycles. The summed E-state index contributed by atoms with van der Waals surface area (Å²) in [5, 5.41) is 0. The van der Waals surface area contributed by atoms with Crippen LogP contribution in [0.3, 0.4) is 0 Å². The minimum absolute atomic E-state index is 0.0586. The van der Waals surface area contributed by atoms with Crippen molar-refractivity contribution >= 4 is 33.3 Å². The first-order chi connectivity index (χ1) is 16.4. The van der Waals surface area contributed by atoms with Crippen LogP contribution in [0.25, 0.3) is 0 Å². The Kier molecular flexibility index (Phi) is 9.65. The van der Waals surface area contributed by atoms with Gasteiger partial charge in [-0.3, -0.25) is 14.2 Å². The molecule has 0 saturated carbocycles. The maximum absolute atomic E-state index is 13.0. The molecule has 2 aromatic rings. The summed E-state index contributed by atoms with van der Waals surface area (Å²) in [5.41, 5.74) is -1.74. The highest BCUT2D eigenvalue weighted by Crippen LogP contribution is 2.30. The summed E-state index contributed by atoms with van der Waals surface area (Å²) in [5.74, 6) is -0.719. The summed E-state index contributed by atoms with van der Waals surface area (Å²) in [4.78, 5) is 28.8. The fourth-order valence-electron chi connectivity index (χ4n) is 2.75. The zero-order chi connectivity index (χ0) is 27.5. The Morgan fingerprint density at radius 3 is 2.25 bits per heavy atom. The van der Waals surface area contributed by atoms with Crippen molar-refractivity contribution in [3.8, 4) is 5.88 Å². The Bertz CT molecular complexity index is 1110. The number of benzene rings is 1. The number of alkyl halides is 3. The van der Waals surface area contributed by atoms with E-state index in [2.05, 4.69) is 25.6 Å². The van der Waals surface area contributed by atoms with Gasteiger partial charge in [0.15, 0.2) is 0 Å². The average Bonchev–Trinajstić information content (AvgIpc) is 2.73. The number of halogens is 4. The zero-order valence-electron chi connectivity index (χ0n) is 20.7. The molecule has 0 aliphatic carbocycles. The first-order valence-electron chi connectivity index (χ1n) is 10.8. The van der Waals surface area contributed by atoms with Gasteiger partial charge in [-0.1, -0.05) is 12.1 Å². The number of nitrogens with zero attached hydrogens (tertiary/aromatic N) is 2. The lowest BCUT2D eigenvalue weighted by atomic mass is 10.1. The molecule has 0 spiro atoms. The van der Waals surface area contributed by atoms with E-state index in [1.54, 1.807) is 41.5 Å². The SMILES string of the molecule is CC(C)(C)OC(=O)Cn1cnc(OC[C@@H](N[S+]([O-])C(C)(C)C)c2ccc(C(F)(F)F)cc2)c(Br)c1=O. The van der Waals surface area contributed by atoms with Crippen LogP contribution in [0.4, 0.5) is 13.2 Å². The van der Waals surface area contributed by atoms with E-state index < -0.39 is 51.0 Å². The highest BCUT2D eigenvalue weighted by Gasteiger charge is 2.33. The van der Waals surface area contributed by atoms with Crippen LogP contribution in [0.5, 0.6) is 5.88 Å². The van der Waals surface area contributed by atoms with E-state index in [9.17, 15) is 27.3 Å². The van der Waals surface area contributed by atoms with E-state index in [-0.39, 0.29) is 23.5 Å². The van der Waals surface area contributed by atoms with E-state index in [4.69, 9.17) is 9.47 Å². The second-order valence-electron chi connectivity index (χ2n) is 9.87. The lowest BCUT2D eigenvalue weighted by molar-refractivity contribution is -0.155. The largest absolute Gasteiger partial charge is 0.598 e. The molecule has 2 rings (SSSR count). The first kappa shape index (κ1) is 30.1. The highest BCUT2D eigenvalue weighted by atomic mass is 79.9. The van der Waals surface area contributed by atoms with E-state index in [0.717, 1.165) is 23.0 Å². The zero-order valence-corrected chi connectivity index (χ0v) is 23.1. The summed E-state index contributed by atoms with van der Waals surface area (Å²) in [7, 11) is 0. The standard InChI is InChI=1S/C23H29BrF3N3O5S/c1-21(2,3)35-17(31)11-30-13-28-19(18(24)20(30)32)34-12-16(29-36(33)22(4,5)6)14-7-9-15(10-8-14)23(25,26)27/h7-10,13,16,29H,11-12H2,1-6H3/t16-,36?/m1/s1. The summed E-state index contributed by atoms with van der Waals surface area (Å²) >= 11 is 1.55. The van der Waals surface area contributed by atoms with Crippen molar-refractivity contribution in [1.29, 1.82) is 0 Å². The molecule has 0 fully saturated rings. The van der Waals surface area contributed by atoms with Crippen molar-refractivity contribution in [3.63, 3.8) is 0 Å². The molecule has 36 heavy (non-hydrogen) atoms. The number of rotatable bonds is 8. The predicted octanol–water partition coefficient (Wildman–Crippen LogP) is 4.54. The van der Waals surface area contributed by atoms with Crippen molar-refractivity contribution in [3.05, 3.63) is 56.5 Å².